The summed E-state index contributed by atoms with van der Waals surface area (Å²) in [5, 5.41) is 7.91. The Morgan fingerprint density at radius 2 is 2.03 bits per heavy atom. The average molecular weight is 421 g/mol. The van der Waals surface area contributed by atoms with E-state index in [9.17, 15) is 9.18 Å². The van der Waals surface area contributed by atoms with E-state index < -0.39 is 0 Å². The van der Waals surface area contributed by atoms with Crippen LogP contribution in [-0.2, 0) is 11.3 Å². The van der Waals surface area contributed by atoms with Crippen molar-refractivity contribution in [2.45, 2.75) is 52.2 Å². The second-order valence-corrected chi connectivity index (χ2v) is 8.62. The number of aryl methyl sites for hydroxylation is 1. The molecular formula is C25H29FN4O. The molecule has 1 aromatic heterocycles. The molecule has 0 saturated carbocycles. The van der Waals surface area contributed by atoms with Gasteiger partial charge in [0.1, 0.15) is 5.82 Å². The van der Waals surface area contributed by atoms with E-state index in [1.807, 2.05) is 29.1 Å². The lowest BCUT2D eigenvalue weighted by Gasteiger charge is -2.29. The minimum Gasteiger partial charge on any atom is -0.352 e. The van der Waals surface area contributed by atoms with Crippen molar-refractivity contribution in [2.75, 3.05) is 6.54 Å². The Bertz CT molecular complexity index is 1070. The monoisotopic (exact) mass is 420 g/mol. The molecular weight excluding hydrogens is 391 g/mol. The predicted molar refractivity (Wildman–Crippen MR) is 120 cm³/mol. The third-order valence-corrected chi connectivity index (χ3v) is 5.80. The molecule has 1 unspecified atom stereocenters. The Labute approximate surface area is 182 Å². The minimum atomic E-state index is -0.275. The first kappa shape index (κ1) is 21.2. The van der Waals surface area contributed by atoms with Crippen molar-refractivity contribution >= 4 is 5.91 Å². The first-order valence-electron chi connectivity index (χ1n) is 10.8. The summed E-state index contributed by atoms with van der Waals surface area (Å²) in [6.45, 7) is 7.81. The van der Waals surface area contributed by atoms with E-state index in [4.69, 9.17) is 5.10 Å². The number of aromatic nitrogens is 2. The first-order chi connectivity index (χ1) is 14.9. The molecule has 1 atom stereocenters. The van der Waals surface area contributed by atoms with E-state index in [0.29, 0.717) is 19.0 Å². The van der Waals surface area contributed by atoms with Crippen LogP contribution >= 0.6 is 0 Å². The summed E-state index contributed by atoms with van der Waals surface area (Å²) >= 11 is 0. The number of nitrogens with one attached hydrogen (secondary N) is 1. The van der Waals surface area contributed by atoms with Gasteiger partial charge in [0.05, 0.1) is 11.4 Å². The van der Waals surface area contributed by atoms with Gasteiger partial charge in [0.25, 0.3) is 0 Å². The molecule has 31 heavy (non-hydrogen) atoms. The number of nitrogens with zero attached hydrogens (tertiary/aromatic N) is 3. The van der Waals surface area contributed by atoms with Gasteiger partial charge in [0.15, 0.2) is 0 Å². The number of halogens is 1. The molecule has 1 N–H and O–H groups in total. The lowest BCUT2D eigenvalue weighted by molar-refractivity contribution is -0.119. The van der Waals surface area contributed by atoms with Crippen molar-refractivity contribution in [2.24, 2.45) is 0 Å². The highest BCUT2D eigenvalue weighted by molar-refractivity contribution is 5.78. The summed E-state index contributed by atoms with van der Waals surface area (Å²) < 4.78 is 15.9. The van der Waals surface area contributed by atoms with Gasteiger partial charge < -0.3 is 5.32 Å². The van der Waals surface area contributed by atoms with Gasteiger partial charge in [0, 0.05) is 48.9 Å². The third kappa shape index (κ3) is 5.02. The lowest BCUT2D eigenvalue weighted by Crippen LogP contribution is -2.41. The largest absolute Gasteiger partial charge is 0.352 e. The second kappa shape index (κ2) is 9.02. The van der Waals surface area contributed by atoms with E-state index in [2.05, 4.69) is 43.1 Å². The molecule has 0 bridgehead atoms. The van der Waals surface area contributed by atoms with Crippen molar-refractivity contribution in [1.29, 1.82) is 0 Å². The highest BCUT2D eigenvalue weighted by atomic mass is 19.1. The molecule has 1 amide bonds. The Morgan fingerprint density at radius 3 is 2.71 bits per heavy atom. The summed E-state index contributed by atoms with van der Waals surface area (Å²) in [7, 11) is 0. The van der Waals surface area contributed by atoms with Crippen LogP contribution in [0.3, 0.4) is 0 Å². The van der Waals surface area contributed by atoms with Crippen molar-refractivity contribution in [1.82, 2.24) is 20.0 Å². The molecule has 4 rings (SSSR count). The van der Waals surface area contributed by atoms with E-state index >= 15 is 0 Å². The molecule has 162 valence electrons. The zero-order valence-electron chi connectivity index (χ0n) is 18.3. The van der Waals surface area contributed by atoms with Crippen LogP contribution in [0, 0.1) is 12.7 Å². The smallest absolute Gasteiger partial charge is 0.220 e. The Kier molecular flexibility index (Phi) is 6.18. The maximum absolute atomic E-state index is 14.0. The fourth-order valence-corrected chi connectivity index (χ4v) is 4.08. The molecule has 0 spiro atoms. The molecule has 2 heterocycles. The quantitative estimate of drug-likeness (QED) is 0.613. The van der Waals surface area contributed by atoms with Crippen LogP contribution in [0.2, 0.25) is 0 Å². The third-order valence-electron chi connectivity index (χ3n) is 5.80. The van der Waals surface area contributed by atoms with E-state index in [1.165, 1.54) is 12.1 Å². The van der Waals surface area contributed by atoms with Crippen LogP contribution in [0.1, 0.15) is 37.8 Å². The standard InChI is InChI=1S/C25H29FN4O/c1-17(2)29(16-22-10-11-24(31)27-22)14-20-15-30(23-9-4-6-18(3)12-23)28-25(20)19-7-5-8-21(26)13-19/h4-9,12-13,15,17,22H,10-11,14,16H2,1-3H3,(H,27,31). The Balaban J connectivity index is 1.69. The fourth-order valence-electron chi connectivity index (χ4n) is 4.08. The van der Waals surface area contributed by atoms with Crippen LogP contribution < -0.4 is 5.32 Å². The van der Waals surface area contributed by atoms with Crippen LogP contribution in [0.15, 0.2) is 54.7 Å². The summed E-state index contributed by atoms with van der Waals surface area (Å²) in [4.78, 5) is 14.0. The lowest BCUT2D eigenvalue weighted by atomic mass is 10.1. The Morgan fingerprint density at radius 1 is 1.23 bits per heavy atom. The number of rotatable bonds is 7. The van der Waals surface area contributed by atoms with Crippen LogP contribution in [0.5, 0.6) is 0 Å². The fraction of sp³-hybridized carbons (Fsp3) is 0.360. The summed E-state index contributed by atoms with van der Waals surface area (Å²) in [6, 6.07) is 15.2. The Hall–Kier alpha value is -2.99. The maximum Gasteiger partial charge on any atom is 0.220 e. The van der Waals surface area contributed by atoms with Crippen molar-refractivity contribution < 1.29 is 9.18 Å². The van der Waals surface area contributed by atoms with Crippen LogP contribution in [0.4, 0.5) is 4.39 Å². The van der Waals surface area contributed by atoms with Gasteiger partial charge >= 0.3 is 0 Å². The summed E-state index contributed by atoms with van der Waals surface area (Å²) in [5.41, 5.74) is 4.71. The number of hydrogen-bond acceptors (Lipinski definition) is 3. The second-order valence-electron chi connectivity index (χ2n) is 8.62. The molecule has 0 aliphatic carbocycles. The van der Waals surface area contributed by atoms with Crippen LogP contribution in [0.25, 0.3) is 16.9 Å². The van der Waals surface area contributed by atoms with Gasteiger partial charge in [-0.2, -0.15) is 5.10 Å². The van der Waals surface area contributed by atoms with Crippen molar-refractivity contribution in [3.63, 3.8) is 0 Å². The highest BCUT2D eigenvalue weighted by Crippen LogP contribution is 2.27. The number of hydrogen-bond donors (Lipinski definition) is 1. The molecule has 2 aromatic carbocycles. The van der Waals surface area contributed by atoms with Gasteiger partial charge in [-0.1, -0.05) is 24.3 Å². The SMILES string of the molecule is Cc1cccc(-n2cc(CN(CC3CCC(=O)N3)C(C)C)c(-c3cccc(F)c3)n2)c1. The minimum absolute atomic E-state index is 0.126. The van der Waals surface area contributed by atoms with Gasteiger partial charge in [-0.25, -0.2) is 9.07 Å². The zero-order valence-corrected chi connectivity index (χ0v) is 18.3. The average Bonchev–Trinajstić information content (AvgIpc) is 3.33. The zero-order chi connectivity index (χ0) is 22.0. The molecule has 6 heteroatoms. The molecule has 1 aliphatic rings. The number of amides is 1. The van der Waals surface area contributed by atoms with E-state index in [0.717, 1.165) is 41.0 Å². The topological polar surface area (TPSA) is 50.2 Å². The van der Waals surface area contributed by atoms with Gasteiger partial charge in [-0.15, -0.1) is 0 Å². The molecule has 0 radical (unpaired) electrons. The predicted octanol–water partition coefficient (Wildman–Crippen LogP) is 4.48. The summed E-state index contributed by atoms with van der Waals surface area (Å²) in [5.74, 6) is -0.149. The molecule has 1 fully saturated rings. The summed E-state index contributed by atoms with van der Waals surface area (Å²) in [6.07, 6.45) is 3.50. The number of carbonyl (C=O) groups excluding carboxylic acids is 1. The van der Waals surface area contributed by atoms with Crippen molar-refractivity contribution in [3.05, 3.63) is 71.7 Å². The molecule has 1 saturated heterocycles. The van der Waals surface area contributed by atoms with Gasteiger partial charge in [-0.3, -0.25) is 9.69 Å². The van der Waals surface area contributed by atoms with Gasteiger partial charge in [0.2, 0.25) is 5.91 Å². The molecule has 1 aliphatic heterocycles. The van der Waals surface area contributed by atoms with Gasteiger partial charge in [-0.05, 0) is 57.0 Å². The van der Waals surface area contributed by atoms with E-state index in [1.54, 1.807) is 6.07 Å². The maximum atomic E-state index is 14.0. The highest BCUT2D eigenvalue weighted by Gasteiger charge is 2.25. The van der Waals surface area contributed by atoms with Crippen LogP contribution in [-0.4, -0.2) is 39.2 Å². The number of benzene rings is 2. The van der Waals surface area contributed by atoms with E-state index in [-0.39, 0.29) is 17.8 Å². The first-order valence-corrected chi connectivity index (χ1v) is 10.8. The molecule has 3 aromatic rings. The normalized spacial score (nSPS) is 16.3. The number of carbonyl (C=O) groups is 1. The molecule has 5 nitrogen and oxygen atoms in total. The van der Waals surface area contributed by atoms with Crippen molar-refractivity contribution in [3.8, 4) is 16.9 Å².